The van der Waals surface area contributed by atoms with Gasteiger partial charge >= 0.3 is 6.03 Å². The molecule has 0 bridgehead atoms. The number of nitrogens with zero attached hydrogens (tertiary/aromatic N) is 2. The zero-order chi connectivity index (χ0) is 23.2. The van der Waals surface area contributed by atoms with Gasteiger partial charge in [0.2, 0.25) is 5.91 Å². The van der Waals surface area contributed by atoms with E-state index in [1.165, 1.54) is 16.6 Å². The molecular weight excluding hydrogens is 456 g/mol. The average Bonchev–Trinajstić information content (AvgIpc) is 3.20. The Morgan fingerprint density at radius 3 is 2.76 bits per heavy atom. The maximum Gasteiger partial charge on any atom is 0.321 e. The largest absolute Gasteiger partial charge is 0.338 e. The van der Waals surface area contributed by atoms with Crippen LogP contribution in [-0.2, 0) is 30.6 Å². The summed E-state index contributed by atoms with van der Waals surface area (Å²) in [6.45, 7) is 2.93. The molecule has 7 nitrogen and oxygen atoms in total. The minimum atomic E-state index is -0.502. The van der Waals surface area contributed by atoms with E-state index in [-0.39, 0.29) is 11.3 Å². The lowest BCUT2D eigenvalue weighted by Crippen LogP contribution is -2.40. The molecule has 3 aromatic rings. The fraction of sp³-hybridized carbons (Fsp3) is 0.417. The average molecular weight is 485 g/mol. The molecule has 1 aliphatic rings. The van der Waals surface area contributed by atoms with E-state index in [1.54, 1.807) is 15.9 Å². The molecule has 33 heavy (non-hydrogen) atoms. The summed E-state index contributed by atoms with van der Waals surface area (Å²) < 4.78 is 1.70. The van der Waals surface area contributed by atoms with E-state index in [9.17, 15) is 14.4 Å². The number of benzene rings is 1. The van der Waals surface area contributed by atoms with Gasteiger partial charge in [-0.2, -0.15) is 0 Å². The van der Waals surface area contributed by atoms with Crippen molar-refractivity contribution in [2.24, 2.45) is 0 Å². The molecule has 0 atom stereocenters. The molecule has 0 fully saturated rings. The first-order chi connectivity index (χ1) is 16.1. The van der Waals surface area contributed by atoms with Gasteiger partial charge in [-0.1, -0.05) is 49.0 Å². The summed E-state index contributed by atoms with van der Waals surface area (Å²) in [5.74, 6) is -0.406. The Balaban J connectivity index is 1.60. The van der Waals surface area contributed by atoms with Gasteiger partial charge < -0.3 is 5.32 Å². The zero-order valence-corrected chi connectivity index (χ0v) is 20.3. The van der Waals surface area contributed by atoms with Gasteiger partial charge in [0.05, 0.1) is 11.1 Å². The number of aromatic nitrogens is 2. The van der Waals surface area contributed by atoms with Gasteiger partial charge in [0.25, 0.3) is 5.56 Å². The van der Waals surface area contributed by atoms with Crippen molar-refractivity contribution in [3.8, 4) is 0 Å². The monoisotopic (exact) mass is 484 g/mol. The minimum Gasteiger partial charge on any atom is -0.338 e. The number of carbonyl (C=O) groups excluding carboxylic acids is 2. The van der Waals surface area contributed by atoms with Gasteiger partial charge in [-0.05, 0) is 49.7 Å². The number of hydrogen-bond acceptors (Lipinski definition) is 6. The van der Waals surface area contributed by atoms with Crippen LogP contribution >= 0.6 is 23.1 Å². The lowest BCUT2D eigenvalue weighted by Gasteiger charge is -2.13. The third-order valence-electron chi connectivity index (χ3n) is 5.63. The molecule has 0 spiro atoms. The molecule has 9 heteroatoms. The predicted molar refractivity (Wildman–Crippen MR) is 133 cm³/mol. The molecule has 2 aromatic heterocycles. The predicted octanol–water partition coefficient (Wildman–Crippen LogP) is 3.91. The number of carbonyl (C=O) groups is 2. The van der Waals surface area contributed by atoms with Crippen molar-refractivity contribution in [3.05, 3.63) is 56.7 Å². The van der Waals surface area contributed by atoms with Gasteiger partial charge in [-0.25, -0.2) is 9.78 Å². The standard InChI is InChI=1S/C24H28N4O3S2/c1-2-13-25-23(31)26-19(29)15-32-24-27-21-20(17-10-6-7-11-18(17)33-21)22(30)28(24)14-12-16-8-4-3-5-9-16/h3-5,8-9H,2,6-7,10-15H2,1H3,(H2,25,26,29,31). The smallest absolute Gasteiger partial charge is 0.321 e. The first kappa shape index (κ1) is 23.5. The second kappa shape index (κ2) is 11.0. The summed E-state index contributed by atoms with van der Waals surface area (Å²) in [6, 6.07) is 9.52. The Hall–Kier alpha value is -2.65. The molecule has 174 valence electrons. The zero-order valence-electron chi connectivity index (χ0n) is 18.7. The van der Waals surface area contributed by atoms with Crippen LogP contribution < -0.4 is 16.2 Å². The molecule has 4 rings (SSSR count). The van der Waals surface area contributed by atoms with Crippen LogP contribution in [-0.4, -0.2) is 33.8 Å². The second-order valence-corrected chi connectivity index (χ2v) is 10.1. The van der Waals surface area contributed by atoms with Crippen LogP contribution in [0.5, 0.6) is 0 Å². The Morgan fingerprint density at radius 1 is 1.18 bits per heavy atom. The summed E-state index contributed by atoms with van der Waals surface area (Å²) in [6.07, 6.45) is 5.64. The molecule has 2 heterocycles. The van der Waals surface area contributed by atoms with Crippen LogP contribution in [0.1, 0.15) is 42.2 Å². The van der Waals surface area contributed by atoms with Crippen LogP contribution in [0.3, 0.4) is 0 Å². The van der Waals surface area contributed by atoms with E-state index < -0.39 is 11.9 Å². The Labute approximate surface area is 201 Å². The van der Waals surface area contributed by atoms with Crippen LogP contribution in [0.25, 0.3) is 10.2 Å². The van der Waals surface area contributed by atoms with Gasteiger partial charge in [0.1, 0.15) is 4.83 Å². The molecule has 3 amide bonds. The number of amides is 3. The topological polar surface area (TPSA) is 93.1 Å². The highest BCUT2D eigenvalue weighted by Gasteiger charge is 2.22. The van der Waals surface area contributed by atoms with Gasteiger partial charge in [-0.15, -0.1) is 11.3 Å². The molecule has 0 saturated carbocycles. The highest BCUT2D eigenvalue weighted by Crippen LogP contribution is 2.34. The molecule has 1 aliphatic carbocycles. The van der Waals surface area contributed by atoms with E-state index in [1.807, 2.05) is 37.3 Å². The summed E-state index contributed by atoms with van der Waals surface area (Å²) in [5.41, 5.74) is 2.27. The van der Waals surface area contributed by atoms with Crippen molar-refractivity contribution in [3.63, 3.8) is 0 Å². The fourth-order valence-electron chi connectivity index (χ4n) is 3.99. The number of nitrogens with one attached hydrogen (secondary N) is 2. The number of rotatable bonds is 8. The number of aryl methyl sites for hydroxylation is 3. The summed E-state index contributed by atoms with van der Waals surface area (Å²) >= 11 is 2.80. The Morgan fingerprint density at radius 2 is 1.97 bits per heavy atom. The van der Waals surface area contributed by atoms with Crippen molar-refractivity contribution >= 4 is 45.3 Å². The molecule has 0 aliphatic heterocycles. The first-order valence-electron chi connectivity index (χ1n) is 11.4. The number of thiophene rings is 1. The fourth-order valence-corrected chi connectivity index (χ4v) is 6.12. The van der Waals surface area contributed by atoms with E-state index >= 15 is 0 Å². The summed E-state index contributed by atoms with van der Waals surface area (Å²) in [4.78, 5) is 44.5. The van der Waals surface area contributed by atoms with E-state index in [0.29, 0.717) is 24.7 Å². The van der Waals surface area contributed by atoms with Crippen molar-refractivity contribution < 1.29 is 9.59 Å². The van der Waals surface area contributed by atoms with Crippen LogP contribution in [0.4, 0.5) is 4.79 Å². The second-order valence-electron chi connectivity index (χ2n) is 8.07. The molecular formula is C24H28N4O3S2. The van der Waals surface area contributed by atoms with E-state index in [4.69, 9.17) is 4.98 Å². The Kier molecular flexibility index (Phi) is 7.82. The molecule has 1 aromatic carbocycles. The Bertz CT molecular complexity index is 1200. The third kappa shape index (κ3) is 5.65. The normalized spacial score (nSPS) is 13.0. The number of hydrogen-bond donors (Lipinski definition) is 2. The van der Waals surface area contributed by atoms with E-state index in [0.717, 1.165) is 53.4 Å². The molecule has 0 saturated heterocycles. The highest BCUT2D eigenvalue weighted by molar-refractivity contribution is 7.99. The minimum absolute atomic E-state index is 0.00786. The quantitative estimate of drug-likeness (QED) is 0.374. The number of imide groups is 1. The molecule has 0 unspecified atom stereocenters. The van der Waals surface area contributed by atoms with Gasteiger partial charge in [0.15, 0.2) is 5.16 Å². The van der Waals surface area contributed by atoms with Crippen molar-refractivity contribution in [2.45, 2.75) is 57.1 Å². The molecule has 2 N–H and O–H groups in total. The lowest BCUT2D eigenvalue weighted by atomic mass is 9.97. The lowest BCUT2D eigenvalue weighted by molar-refractivity contribution is -0.117. The first-order valence-corrected chi connectivity index (χ1v) is 13.2. The summed E-state index contributed by atoms with van der Waals surface area (Å²) in [5, 5.41) is 6.22. The highest BCUT2D eigenvalue weighted by atomic mass is 32.2. The van der Waals surface area contributed by atoms with Crippen LogP contribution in [0.2, 0.25) is 0 Å². The van der Waals surface area contributed by atoms with Crippen LogP contribution in [0.15, 0.2) is 40.3 Å². The third-order valence-corrected chi connectivity index (χ3v) is 7.79. The number of urea groups is 1. The van der Waals surface area contributed by atoms with Crippen molar-refractivity contribution in [1.82, 2.24) is 20.2 Å². The van der Waals surface area contributed by atoms with Crippen LogP contribution in [0, 0.1) is 0 Å². The number of fused-ring (bicyclic) bond motifs is 3. The maximum atomic E-state index is 13.6. The van der Waals surface area contributed by atoms with E-state index in [2.05, 4.69) is 10.6 Å². The summed E-state index contributed by atoms with van der Waals surface area (Å²) in [7, 11) is 0. The SMILES string of the molecule is CCCNC(=O)NC(=O)CSc1nc2sc3c(c2c(=O)n1CCc1ccccc1)CCCC3. The maximum absolute atomic E-state index is 13.6. The van der Waals surface area contributed by atoms with Crippen molar-refractivity contribution in [1.29, 1.82) is 0 Å². The van der Waals surface area contributed by atoms with Gasteiger partial charge in [-0.3, -0.25) is 19.5 Å². The molecule has 0 radical (unpaired) electrons. The van der Waals surface area contributed by atoms with Crippen molar-refractivity contribution in [2.75, 3.05) is 12.3 Å². The number of thioether (sulfide) groups is 1. The van der Waals surface area contributed by atoms with Gasteiger partial charge in [0, 0.05) is 18.0 Å².